The maximum Gasteiger partial charge on any atom is 0.293 e. The molecule has 2 rings (SSSR count). The van der Waals surface area contributed by atoms with E-state index >= 15 is 0 Å². The number of hydrogen-bond acceptors (Lipinski definition) is 4. The third kappa shape index (κ3) is 3.03. The molecule has 1 aliphatic heterocycles. The first-order valence-corrected chi connectivity index (χ1v) is 7.78. The number of benzene rings is 1. The minimum Gasteiger partial charge on any atom is -0.465 e. The second-order valence-electron chi connectivity index (χ2n) is 4.75. The number of nitrogens with one attached hydrogen (secondary N) is 1. The van der Waals surface area contributed by atoms with Crippen LogP contribution >= 0.6 is 15.9 Å². The highest BCUT2D eigenvalue weighted by molar-refractivity contribution is 9.10. The van der Waals surface area contributed by atoms with Crippen LogP contribution in [0.25, 0.3) is 0 Å². The van der Waals surface area contributed by atoms with Gasteiger partial charge in [0.05, 0.1) is 18.3 Å². The van der Waals surface area contributed by atoms with E-state index < -0.39 is 0 Å². The fourth-order valence-electron chi connectivity index (χ4n) is 2.28. The summed E-state index contributed by atoms with van der Waals surface area (Å²) < 4.78 is 6.78. The Hall–Kier alpha value is -1.36. The number of aliphatic imine (C=N–C) groups is 1. The lowest BCUT2D eigenvalue weighted by Gasteiger charge is -2.35. The summed E-state index contributed by atoms with van der Waals surface area (Å²) >= 11 is 3.49. The van der Waals surface area contributed by atoms with Crippen molar-refractivity contribution >= 4 is 33.9 Å². The molecular weight excluding hydrogens is 318 g/mol. The lowest BCUT2D eigenvalue weighted by molar-refractivity contribution is 0.216. The number of rotatable bonds is 5. The summed E-state index contributed by atoms with van der Waals surface area (Å²) in [5, 5.41) is 7.78. The van der Waals surface area contributed by atoms with Crippen LogP contribution in [0.3, 0.4) is 0 Å². The van der Waals surface area contributed by atoms with Gasteiger partial charge in [-0.2, -0.15) is 4.99 Å². The van der Waals surface area contributed by atoms with Crippen molar-refractivity contribution in [2.45, 2.75) is 32.7 Å². The van der Waals surface area contributed by atoms with Gasteiger partial charge in [0.2, 0.25) is 0 Å². The van der Waals surface area contributed by atoms with E-state index in [-0.39, 0.29) is 6.04 Å². The molecule has 0 spiro atoms. The summed E-state index contributed by atoms with van der Waals surface area (Å²) in [4.78, 5) is 6.69. The van der Waals surface area contributed by atoms with Gasteiger partial charge in [0, 0.05) is 22.8 Å². The lowest BCUT2D eigenvalue weighted by atomic mass is 10.0. The molecule has 0 fully saturated rings. The summed E-state index contributed by atoms with van der Waals surface area (Å²) in [6.07, 6.45) is 3.40. The Balaban J connectivity index is 2.43. The van der Waals surface area contributed by atoms with E-state index in [1.54, 1.807) is 0 Å². The number of hydrogen-bond donors (Lipinski definition) is 1. The Kier molecular flexibility index (Phi) is 5.17. The second-order valence-corrected chi connectivity index (χ2v) is 5.67. The highest BCUT2D eigenvalue weighted by Crippen LogP contribution is 2.36. The smallest absolute Gasteiger partial charge is 0.293 e. The van der Waals surface area contributed by atoms with Gasteiger partial charge in [-0.1, -0.05) is 29.8 Å². The minimum atomic E-state index is -0.105. The van der Waals surface area contributed by atoms with E-state index in [1.165, 1.54) is 6.21 Å². The first kappa shape index (κ1) is 15.0. The quantitative estimate of drug-likeness (QED) is 0.815. The molecule has 1 aliphatic rings. The van der Waals surface area contributed by atoms with E-state index in [9.17, 15) is 0 Å². The van der Waals surface area contributed by atoms with Crippen molar-refractivity contribution in [3.8, 4) is 0 Å². The summed E-state index contributed by atoms with van der Waals surface area (Å²) in [6.45, 7) is 5.67. The second kappa shape index (κ2) is 6.88. The summed E-state index contributed by atoms with van der Waals surface area (Å²) in [6, 6.07) is 6.50. The van der Waals surface area contributed by atoms with Gasteiger partial charge in [0.25, 0.3) is 6.02 Å². The topological polar surface area (TPSA) is 48.7 Å². The van der Waals surface area contributed by atoms with Crippen molar-refractivity contribution in [1.29, 1.82) is 5.41 Å². The zero-order chi connectivity index (χ0) is 14.5. The molecule has 0 radical (unpaired) electrons. The fourth-order valence-corrected chi connectivity index (χ4v) is 2.66. The molecule has 5 heteroatoms. The molecule has 1 aromatic carbocycles. The molecule has 0 amide bonds. The van der Waals surface area contributed by atoms with E-state index in [1.807, 2.05) is 18.2 Å². The molecule has 0 saturated heterocycles. The van der Waals surface area contributed by atoms with Crippen LogP contribution in [0.2, 0.25) is 0 Å². The summed E-state index contributed by atoms with van der Waals surface area (Å²) in [5.41, 5.74) is 1.94. The molecule has 0 saturated carbocycles. The van der Waals surface area contributed by atoms with Gasteiger partial charge in [0.1, 0.15) is 0 Å². The van der Waals surface area contributed by atoms with Gasteiger partial charge >= 0.3 is 0 Å². The van der Waals surface area contributed by atoms with E-state index in [4.69, 9.17) is 10.1 Å². The van der Waals surface area contributed by atoms with Crippen LogP contribution in [0.5, 0.6) is 0 Å². The molecule has 0 aromatic heterocycles. The maximum atomic E-state index is 7.78. The molecule has 1 unspecified atom stereocenters. The largest absolute Gasteiger partial charge is 0.465 e. The zero-order valence-corrected chi connectivity index (χ0v) is 13.5. The highest BCUT2D eigenvalue weighted by Gasteiger charge is 2.29. The Morgan fingerprint density at radius 2 is 2.20 bits per heavy atom. The molecule has 0 bridgehead atoms. The van der Waals surface area contributed by atoms with Gasteiger partial charge in [0.15, 0.2) is 0 Å². The highest BCUT2D eigenvalue weighted by atomic mass is 79.9. The van der Waals surface area contributed by atoms with Crippen molar-refractivity contribution in [1.82, 2.24) is 4.90 Å². The van der Waals surface area contributed by atoms with Crippen LogP contribution in [0.4, 0.5) is 5.69 Å². The molecule has 108 valence electrons. The number of ether oxygens (including phenoxy) is 1. The SMILES string of the molecule is CCCOC1=Nc2ccc(Br)cc2C(C=N)N1CCC. The van der Waals surface area contributed by atoms with Crippen LogP contribution in [0, 0.1) is 5.41 Å². The van der Waals surface area contributed by atoms with Crippen molar-refractivity contribution in [3.05, 3.63) is 28.2 Å². The van der Waals surface area contributed by atoms with E-state index in [2.05, 4.69) is 39.7 Å². The number of amidine groups is 1. The minimum absolute atomic E-state index is 0.105. The summed E-state index contributed by atoms with van der Waals surface area (Å²) in [5.74, 6) is 0. The Bertz CT molecular complexity index is 516. The van der Waals surface area contributed by atoms with Crippen LogP contribution in [0.1, 0.15) is 38.3 Å². The number of fused-ring (bicyclic) bond motifs is 1. The fraction of sp³-hybridized carbons (Fsp3) is 0.467. The average molecular weight is 338 g/mol. The molecular formula is C15H20BrN3O. The Morgan fingerprint density at radius 1 is 1.40 bits per heavy atom. The molecule has 1 heterocycles. The first-order valence-electron chi connectivity index (χ1n) is 6.99. The molecule has 20 heavy (non-hydrogen) atoms. The predicted octanol–water partition coefficient (Wildman–Crippen LogP) is 4.28. The predicted molar refractivity (Wildman–Crippen MR) is 86.0 cm³/mol. The molecule has 0 aliphatic carbocycles. The van der Waals surface area contributed by atoms with Crippen LogP contribution in [0.15, 0.2) is 27.7 Å². The molecule has 1 aromatic rings. The molecule has 4 nitrogen and oxygen atoms in total. The Labute approximate surface area is 128 Å². The standard InChI is InChI=1S/C15H20BrN3O/c1-3-7-19-14(10-17)12-9-11(16)5-6-13(12)18-15(19)20-8-4-2/h5-6,9-10,14,17H,3-4,7-8H2,1-2H3. The van der Waals surface area contributed by atoms with Crippen molar-refractivity contribution in [2.75, 3.05) is 13.2 Å². The number of nitrogens with zero attached hydrogens (tertiary/aromatic N) is 2. The van der Waals surface area contributed by atoms with Crippen LogP contribution in [-0.4, -0.2) is 30.3 Å². The first-order chi connectivity index (χ1) is 9.71. The van der Waals surface area contributed by atoms with Gasteiger partial charge in [-0.25, -0.2) is 0 Å². The maximum absolute atomic E-state index is 7.78. The lowest BCUT2D eigenvalue weighted by Crippen LogP contribution is -2.40. The van der Waals surface area contributed by atoms with Gasteiger partial charge in [-0.3, -0.25) is 0 Å². The van der Waals surface area contributed by atoms with Gasteiger partial charge in [-0.15, -0.1) is 0 Å². The van der Waals surface area contributed by atoms with Crippen molar-refractivity contribution < 1.29 is 4.74 Å². The average Bonchev–Trinajstić information content (AvgIpc) is 2.45. The molecule has 1 atom stereocenters. The van der Waals surface area contributed by atoms with Crippen LogP contribution < -0.4 is 0 Å². The van der Waals surface area contributed by atoms with Crippen LogP contribution in [-0.2, 0) is 4.74 Å². The third-order valence-electron chi connectivity index (χ3n) is 3.16. The normalized spacial score (nSPS) is 17.4. The monoisotopic (exact) mass is 337 g/mol. The van der Waals surface area contributed by atoms with Crippen molar-refractivity contribution in [2.24, 2.45) is 4.99 Å². The van der Waals surface area contributed by atoms with E-state index in [0.29, 0.717) is 12.6 Å². The van der Waals surface area contributed by atoms with Gasteiger partial charge in [-0.05, 0) is 31.0 Å². The van der Waals surface area contributed by atoms with Gasteiger partial charge < -0.3 is 15.0 Å². The molecule has 1 N–H and O–H groups in total. The third-order valence-corrected chi connectivity index (χ3v) is 3.66. The summed E-state index contributed by atoms with van der Waals surface area (Å²) in [7, 11) is 0. The van der Waals surface area contributed by atoms with Crippen molar-refractivity contribution in [3.63, 3.8) is 0 Å². The number of halogens is 1. The van der Waals surface area contributed by atoms with E-state index in [0.717, 1.165) is 35.1 Å². The Morgan fingerprint density at radius 3 is 2.85 bits per heavy atom. The zero-order valence-electron chi connectivity index (χ0n) is 11.9.